The van der Waals surface area contributed by atoms with Gasteiger partial charge >= 0.3 is 0 Å². The van der Waals surface area contributed by atoms with Gasteiger partial charge in [-0.3, -0.25) is 4.90 Å². The first kappa shape index (κ1) is 17.9. The zero-order valence-corrected chi connectivity index (χ0v) is 15.8. The van der Waals surface area contributed by atoms with Crippen molar-refractivity contribution < 1.29 is 0 Å². The molecule has 2 nitrogen and oxygen atoms in total. The van der Waals surface area contributed by atoms with Gasteiger partial charge < -0.3 is 4.57 Å². The summed E-state index contributed by atoms with van der Waals surface area (Å²) in [4.78, 5) is 2.51. The minimum Gasteiger partial charge on any atom is -0.318 e. The lowest BCUT2D eigenvalue weighted by atomic mass is 10.0. The smallest absolute Gasteiger partial charge is 0.0456 e. The molecule has 25 heavy (non-hydrogen) atoms. The van der Waals surface area contributed by atoms with E-state index >= 15 is 0 Å². The molecule has 0 radical (unpaired) electrons. The van der Waals surface area contributed by atoms with E-state index in [0.29, 0.717) is 0 Å². The fourth-order valence-corrected chi connectivity index (χ4v) is 3.87. The number of aromatic nitrogens is 1. The molecule has 0 N–H and O–H groups in total. The van der Waals surface area contributed by atoms with E-state index in [9.17, 15) is 0 Å². The minimum absolute atomic E-state index is 0.754. The average Bonchev–Trinajstić information content (AvgIpc) is 2.91. The van der Waals surface area contributed by atoms with E-state index in [0.717, 1.165) is 30.3 Å². The second-order valence-corrected chi connectivity index (χ2v) is 7.21. The molecule has 0 unspecified atom stereocenters. The van der Waals surface area contributed by atoms with Crippen molar-refractivity contribution in [3.63, 3.8) is 0 Å². The maximum Gasteiger partial charge on any atom is 0.0456 e. The largest absolute Gasteiger partial charge is 0.318 e. The molecule has 1 saturated heterocycles. The topological polar surface area (TPSA) is 8.17 Å². The van der Waals surface area contributed by atoms with Crippen LogP contribution in [0.25, 0.3) is 11.3 Å². The van der Waals surface area contributed by atoms with E-state index in [-0.39, 0.29) is 0 Å². The highest BCUT2D eigenvalue weighted by atomic mass is 35.5. The van der Waals surface area contributed by atoms with Crippen molar-refractivity contribution in [1.29, 1.82) is 0 Å². The number of benzene rings is 1. The van der Waals surface area contributed by atoms with Gasteiger partial charge in [-0.25, -0.2) is 0 Å². The van der Waals surface area contributed by atoms with Crippen molar-refractivity contribution >= 4 is 17.2 Å². The number of hydrogen-bond donors (Lipinski definition) is 0. The van der Waals surface area contributed by atoms with Crippen molar-refractivity contribution in [2.75, 3.05) is 19.6 Å². The number of likely N-dealkylation sites (tertiary alicyclic amines) is 1. The highest BCUT2D eigenvalue weighted by Crippen LogP contribution is 2.28. The van der Waals surface area contributed by atoms with Crippen molar-refractivity contribution in [3.05, 3.63) is 58.4 Å². The van der Waals surface area contributed by atoms with Crippen LogP contribution in [0.2, 0.25) is 5.02 Å². The van der Waals surface area contributed by atoms with Crippen molar-refractivity contribution in [2.45, 2.75) is 33.1 Å². The van der Waals surface area contributed by atoms with E-state index in [1.807, 2.05) is 18.2 Å². The number of aryl methyl sites for hydroxylation is 1. The van der Waals surface area contributed by atoms with E-state index in [4.69, 9.17) is 18.0 Å². The summed E-state index contributed by atoms with van der Waals surface area (Å²) in [7, 11) is 0. The molecule has 2 heterocycles. The Morgan fingerprint density at radius 2 is 1.84 bits per heavy atom. The number of allylic oxidation sites excluding steroid dienone is 1. The third kappa shape index (κ3) is 4.00. The standard InChI is InChI=1S/C22H25ClN2/c1-4-8-19(16-24-13-6-5-7-14-24)22-15-17(2)25(18(22)3)21-11-9-20(23)10-12-21/h1,8-12,15H,5-7,13-14,16H2,2-3H3/b19-8+. The van der Waals surface area contributed by atoms with E-state index in [1.165, 1.54) is 41.8 Å². The predicted molar refractivity (Wildman–Crippen MR) is 107 cm³/mol. The van der Waals surface area contributed by atoms with E-state index in [1.54, 1.807) is 0 Å². The molecule has 1 aromatic heterocycles. The lowest BCUT2D eigenvalue weighted by Gasteiger charge is -2.27. The van der Waals surface area contributed by atoms with Crippen molar-refractivity contribution in [3.8, 4) is 18.0 Å². The van der Waals surface area contributed by atoms with Crippen LogP contribution >= 0.6 is 11.6 Å². The first-order chi connectivity index (χ1) is 12.1. The summed E-state index contributed by atoms with van der Waals surface area (Å²) >= 11 is 6.04. The highest BCUT2D eigenvalue weighted by molar-refractivity contribution is 6.30. The molecule has 1 fully saturated rings. The third-order valence-corrected chi connectivity index (χ3v) is 5.21. The molecule has 0 atom stereocenters. The van der Waals surface area contributed by atoms with Crippen molar-refractivity contribution in [1.82, 2.24) is 9.47 Å². The Hall–Kier alpha value is -1.95. The Bertz CT molecular complexity index is 800. The summed E-state index contributed by atoms with van der Waals surface area (Å²) in [5.41, 5.74) is 6.03. The number of piperidine rings is 1. The van der Waals surface area contributed by atoms with Gasteiger partial charge in [0.2, 0.25) is 0 Å². The molecule has 1 aliphatic rings. The Kier molecular flexibility index (Phi) is 5.68. The van der Waals surface area contributed by atoms with Crippen LogP contribution in [-0.2, 0) is 0 Å². The maximum atomic E-state index is 6.04. The zero-order chi connectivity index (χ0) is 17.8. The fraction of sp³-hybridized carbons (Fsp3) is 0.364. The number of hydrogen-bond acceptors (Lipinski definition) is 1. The van der Waals surface area contributed by atoms with E-state index < -0.39 is 0 Å². The summed E-state index contributed by atoms with van der Waals surface area (Å²) in [5, 5.41) is 0.754. The molecular formula is C22H25ClN2. The maximum absolute atomic E-state index is 6.04. The Morgan fingerprint density at radius 1 is 1.16 bits per heavy atom. The molecule has 0 aliphatic carbocycles. The molecule has 0 spiro atoms. The second kappa shape index (κ2) is 7.95. The van der Waals surface area contributed by atoms with E-state index in [2.05, 4.69) is 47.4 Å². The first-order valence-electron chi connectivity index (χ1n) is 8.93. The first-order valence-corrected chi connectivity index (χ1v) is 9.30. The summed E-state index contributed by atoms with van der Waals surface area (Å²) in [6.45, 7) is 7.56. The number of terminal acetylenes is 1. The van der Waals surface area contributed by atoms with Crippen LogP contribution in [0.15, 0.2) is 36.4 Å². The summed E-state index contributed by atoms with van der Waals surface area (Å²) in [6, 6.07) is 10.2. The summed E-state index contributed by atoms with van der Waals surface area (Å²) in [5.74, 6) is 2.74. The van der Waals surface area contributed by atoms with Crippen LogP contribution in [0.5, 0.6) is 0 Å². The molecule has 3 rings (SSSR count). The van der Waals surface area contributed by atoms with Crippen LogP contribution < -0.4 is 0 Å². The summed E-state index contributed by atoms with van der Waals surface area (Å²) in [6.07, 6.45) is 11.5. The van der Waals surface area contributed by atoms with Gasteiger partial charge in [-0.15, -0.1) is 6.42 Å². The SMILES string of the molecule is C#C/C=C(\CN1CCCCC1)c1cc(C)n(-c2ccc(Cl)cc2)c1C. The molecule has 1 aliphatic heterocycles. The molecule has 1 aromatic carbocycles. The molecule has 0 amide bonds. The van der Waals surface area contributed by atoms with Gasteiger partial charge in [0.15, 0.2) is 0 Å². The van der Waals surface area contributed by atoms with Crippen LogP contribution in [0.1, 0.15) is 36.2 Å². The zero-order valence-electron chi connectivity index (χ0n) is 15.1. The summed E-state index contributed by atoms with van der Waals surface area (Å²) < 4.78 is 2.27. The number of nitrogens with zero attached hydrogens (tertiary/aromatic N) is 2. The lowest BCUT2D eigenvalue weighted by molar-refractivity contribution is 0.255. The highest BCUT2D eigenvalue weighted by Gasteiger charge is 2.17. The Morgan fingerprint density at radius 3 is 2.48 bits per heavy atom. The lowest BCUT2D eigenvalue weighted by Crippen LogP contribution is -2.31. The monoisotopic (exact) mass is 352 g/mol. The quantitative estimate of drug-likeness (QED) is 0.682. The molecule has 0 bridgehead atoms. The van der Waals surface area contributed by atoms with Crippen LogP contribution in [0, 0.1) is 26.2 Å². The van der Waals surface area contributed by atoms with Crippen LogP contribution in [-0.4, -0.2) is 29.1 Å². The molecule has 0 saturated carbocycles. The number of halogens is 1. The molecular weight excluding hydrogens is 328 g/mol. The predicted octanol–water partition coefficient (Wildman–Crippen LogP) is 5.25. The van der Waals surface area contributed by atoms with Gasteiger partial charge in [0.05, 0.1) is 0 Å². The molecule has 3 heteroatoms. The van der Waals surface area contributed by atoms with Crippen molar-refractivity contribution in [2.24, 2.45) is 0 Å². The Labute approximate surface area is 156 Å². The normalized spacial score (nSPS) is 16.0. The molecule has 130 valence electrons. The molecule has 2 aromatic rings. The fourth-order valence-electron chi connectivity index (χ4n) is 3.74. The Balaban J connectivity index is 1.95. The average molecular weight is 353 g/mol. The third-order valence-electron chi connectivity index (χ3n) is 4.96. The number of rotatable bonds is 4. The second-order valence-electron chi connectivity index (χ2n) is 6.77. The van der Waals surface area contributed by atoms with Crippen LogP contribution in [0.4, 0.5) is 0 Å². The van der Waals surface area contributed by atoms with Crippen LogP contribution in [0.3, 0.4) is 0 Å². The van der Waals surface area contributed by atoms with Gasteiger partial charge in [-0.1, -0.05) is 23.9 Å². The van der Waals surface area contributed by atoms with Gasteiger partial charge in [0.1, 0.15) is 0 Å². The van der Waals surface area contributed by atoms with Gasteiger partial charge in [-0.2, -0.15) is 0 Å². The van der Waals surface area contributed by atoms with Gasteiger partial charge in [-0.05, 0) is 81.8 Å². The van der Waals surface area contributed by atoms with Gasteiger partial charge in [0, 0.05) is 34.2 Å². The van der Waals surface area contributed by atoms with Gasteiger partial charge in [0.25, 0.3) is 0 Å². The minimum atomic E-state index is 0.754.